The molecule has 0 saturated carbocycles. The van der Waals surface area contributed by atoms with E-state index in [1.807, 2.05) is 0 Å². The zero-order valence-electron chi connectivity index (χ0n) is 12.0. The van der Waals surface area contributed by atoms with E-state index in [-0.39, 0.29) is 5.52 Å². The number of aromatic nitrogens is 2. The summed E-state index contributed by atoms with van der Waals surface area (Å²) < 4.78 is 32.0. The normalized spacial score (nSPS) is 17.4. The van der Waals surface area contributed by atoms with Crippen LogP contribution in [0.4, 0.5) is 8.78 Å². The van der Waals surface area contributed by atoms with Crippen LogP contribution in [0.5, 0.6) is 0 Å². The molecule has 116 valence electrons. The van der Waals surface area contributed by atoms with Crippen molar-refractivity contribution in [2.45, 2.75) is 18.3 Å². The molecule has 0 amide bonds. The van der Waals surface area contributed by atoms with Gasteiger partial charge in [0.05, 0.1) is 18.3 Å². The highest BCUT2D eigenvalue weighted by Gasteiger charge is 2.45. The van der Waals surface area contributed by atoms with Gasteiger partial charge in [0.25, 0.3) is 0 Å². The molecule has 1 aliphatic heterocycles. The minimum absolute atomic E-state index is 0.269. The molecule has 22 heavy (non-hydrogen) atoms. The van der Waals surface area contributed by atoms with Crippen molar-refractivity contribution in [1.29, 1.82) is 0 Å². The van der Waals surface area contributed by atoms with Crippen LogP contribution in [0.25, 0.3) is 10.9 Å². The van der Waals surface area contributed by atoms with Gasteiger partial charge < -0.3 is 10.1 Å². The van der Waals surface area contributed by atoms with Gasteiger partial charge >= 0.3 is 5.97 Å². The number of halogens is 2. The fourth-order valence-electron chi connectivity index (χ4n) is 3.02. The maximum Gasteiger partial charge on any atom is 0.318 e. The van der Waals surface area contributed by atoms with Crippen LogP contribution in [-0.4, -0.2) is 36.1 Å². The Morgan fingerprint density at radius 3 is 2.59 bits per heavy atom. The highest BCUT2D eigenvalue weighted by atomic mass is 19.2. The number of ether oxygens (including phenoxy) is 1. The number of methoxy groups -OCH3 is 1. The van der Waals surface area contributed by atoms with Gasteiger partial charge in [-0.05, 0) is 32.0 Å². The zero-order chi connectivity index (χ0) is 15.7. The molecule has 0 unspecified atom stereocenters. The first kappa shape index (κ1) is 14.8. The van der Waals surface area contributed by atoms with Gasteiger partial charge in [0, 0.05) is 11.5 Å². The van der Waals surface area contributed by atoms with Crippen molar-refractivity contribution in [3.63, 3.8) is 0 Å². The average molecular weight is 307 g/mol. The Labute approximate surface area is 125 Å². The molecule has 1 saturated heterocycles. The maximum absolute atomic E-state index is 13.6. The largest absolute Gasteiger partial charge is 0.468 e. The summed E-state index contributed by atoms with van der Waals surface area (Å²) in [7, 11) is 1.32. The Balaban J connectivity index is 2.26. The van der Waals surface area contributed by atoms with Crippen molar-refractivity contribution < 1.29 is 18.3 Å². The van der Waals surface area contributed by atoms with Gasteiger partial charge in [0.15, 0.2) is 11.6 Å². The quantitative estimate of drug-likeness (QED) is 0.856. The molecule has 0 radical (unpaired) electrons. The van der Waals surface area contributed by atoms with Crippen LogP contribution in [0.15, 0.2) is 18.5 Å². The first-order chi connectivity index (χ1) is 10.6. The van der Waals surface area contributed by atoms with E-state index in [9.17, 15) is 13.6 Å². The van der Waals surface area contributed by atoms with E-state index in [1.54, 1.807) is 0 Å². The molecule has 1 aliphatic rings. The number of benzene rings is 1. The molecular formula is C15H15F2N3O2. The van der Waals surface area contributed by atoms with Gasteiger partial charge in [-0.15, -0.1) is 0 Å². The first-order valence-corrected chi connectivity index (χ1v) is 6.98. The molecule has 0 bridgehead atoms. The number of esters is 1. The number of rotatable bonds is 2. The summed E-state index contributed by atoms with van der Waals surface area (Å²) in [5, 5.41) is 3.51. The van der Waals surface area contributed by atoms with Crippen LogP contribution >= 0.6 is 0 Å². The number of hydrogen-bond acceptors (Lipinski definition) is 5. The SMILES string of the molecule is COC(=O)C1(c2ncnc3cc(F)c(F)cc23)CCNCC1. The van der Waals surface area contributed by atoms with Crippen LogP contribution in [0.1, 0.15) is 18.5 Å². The molecule has 2 aromatic rings. The number of nitrogens with zero attached hydrogens (tertiary/aromatic N) is 2. The molecule has 0 spiro atoms. The van der Waals surface area contributed by atoms with Crippen LogP contribution in [0, 0.1) is 11.6 Å². The van der Waals surface area contributed by atoms with Crippen molar-refractivity contribution in [2.75, 3.05) is 20.2 Å². The van der Waals surface area contributed by atoms with E-state index in [1.165, 1.54) is 13.4 Å². The Hall–Kier alpha value is -2.15. The summed E-state index contributed by atoms with van der Waals surface area (Å²) in [6.07, 6.45) is 2.22. The molecule has 0 atom stereocenters. The predicted octanol–water partition coefficient (Wildman–Crippen LogP) is 1.70. The summed E-state index contributed by atoms with van der Waals surface area (Å²) in [5.74, 6) is -2.38. The molecule has 3 rings (SSSR count). The second-order valence-electron chi connectivity index (χ2n) is 5.33. The number of fused-ring (bicyclic) bond motifs is 1. The van der Waals surface area contributed by atoms with Crippen LogP contribution in [0.3, 0.4) is 0 Å². The van der Waals surface area contributed by atoms with E-state index >= 15 is 0 Å². The van der Waals surface area contributed by atoms with Crippen molar-refractivity contribution in [2.24, 2.45) is 0 Å². The van der Waals surface area contributed by atoms with Gasteiger partial charge in [-0.1, -0.05) is 0 Å². The Morgan fingerprint density at radius 1 is 1.23 bits per heavy atom. The molecule has 5 nitrogen and oxygen atoms in total. The van der Waals surface area contributed by atoms with Gasteiger partial charge in [0.2, 0.25) is 0 Å². The fourth-order valence-corrected chi connectivity index (χ4v) is 3.02. The van der Waals surface area contributed by atoms with Crippen LogP contribution in [-0.2, 0) is 14.9 Å². The Kier molecular flexibility index (Phi) is 3.74. The second-order valence-corrected chi connectivity index (χ2v) is 5.33. The van der Waals surface area contributed by atoms with Gasteiger partial charge in [-0.3, -0.25) is 4.79 Å². The molecule has 1 aromatic heterocycles. The fraction of sp³-hybridized carbons (Fsp3) is 0.400. The number of carbonyl (C=O) groups excluding carboxylic acids is 1. The number of carbonyl (C=O) groups is 1. The topological polar surface area (TPSA) is 64.1 Å². The van der Waals surface area contributed by atoms with Crippen LogP contribution in [0.2, 0.25) is 0 Å². The Morgan fingerprint density at radius 2 is 1.91 bits per heavy atom. The third-order valence-electron chi connectivity index (χ3n) is 4.16. The second kappa shape index (κ2) is 5.57. The number of nitrogens with one attached hydrogen (secondary N) is 1. The van der Waals surface area contributed by atoms with Crippen molar-refractivity contribution in [3.8, 4) is 0 Å². The van der Waals surface area contributed by atoms with Crippen LogP contribution < -0.4 is 5.32 Å². The smallest absolute Gasteiger partial charge is 0.318 e. The highest BCUT2D eigenvalue weighted by Crippen LogP contribution is 2.37. The lowest BCUT2D eigenvalue weighted by Gasteiger charge is -2.34. The molecular weight excluding hydrogens is 292 g/mol. The standard InChI is InChI=1S/C15H15F2N3O2/c1-22-14(21)15(2-4-18-5-3-15)13-9-6-10(16)11(17)7-12(9)19-8-20-13/h6-8,18H,2-5H2,1H3. The summed E-state index contributed by atoms with van der Waals surface area (Å²) in [6, 6.07) is 2.06. The monoisotopic (exact) mass is 307 g/mol. The van der Waals surface area contributed by atoms with E-state index in [0.717, 1.165) is 12.1 Å². The highest BCUT2D eigenvalue weighted by molar-refractivity contribution is 5.91. The molecule has 1 fully saturated rings. The number of piperidine rings is 1. The zero-order valence-corrected chi connectivity index (χ0v) is 12.0. The summed E-state index contributed by atoms with van der Waals surface area (Å²) >= 11 is 0. The lowest BCUT2D eigenvalue weighted by molar-refractivity contribution is -0.148. The van der Waals surface area contributed by atoms with E-state index in [2.05, 4.69) is 15.3 Å². The van der Waals surface area contributed by atoms with Gasteiger partial charge in [-0.2, -0.15) is 0 Å². The lowest BCUT2D eigenvalue weighted by atomic mass is 9.74. The van der Waals surface area contributed by atoms with Gasteiger partial charge in [-0.25, -0.2) is 18.7 Å². The molecule has 7 heteroatoms. The van der Waals surface area contributed by atoms with Gasteiger partial charge in [0.1, 0.15) is 11.7 Å². The van der Waals surface area contributed by atoms with Crippen molar-refractivity contribution in [3.05, 3.63) is 35.8 Å². The maximum atomic E-state index is 13.6. The molecule has 2 heterocycles. The van der Waals surface area contributed by atoms with Crippen molar-refractivity contribution >= 4 is 16.9 Å². The Bertz CT molecular complexity index is 730. The minimum Gasteiger partial charge on any atom is -0.468 e. The first-order valence-electron chi connectivity index (χ1n) is 6.98. The third kappa shape index (κ3) is 2.21. The molecule has 1 aromatic carbocycles. The molecule has 1 N–H and O–H groups in total. The van der Waals surface area contributed by atoms with E-state index in [0.29, 0.717) is 37.0 Å². The summed E-state index contributed by atoms with van der Waals surface area (Å²) in [4.78, 5) is 20.6. The van der Waals surface area contributed by atoms with E-state index in [4.69, 9.17) is 4.74 Å². The average Bonchev–Trinajstić information content (AvgIpc) is 2.55. The summed E-state index contributed by atoms with van der Waals surface area (Å²) in [6.45, 7) is 1.23. The molecule has 0 aliphatic carbocycles. The van der Waals surface area contributed by atoms with Crippen molar-refractivity contribution in [1.82, 2.24) is 15.3 Å². The summed E-state index contributed by atoms with van der Waals surface area (Å²) in [5.41, 5.74) is -0.304. The number of hydrogen-bond donors (Lipinski definition) is 1. The van der Waals surface area contributed by atoms with E-state index < -0.39 is 23.0 Å². The third-order valence-corrected chi connectivity index (χ3v) is 4.16. The minimum atomic E-state index is -0.988. The lowest BCUT2D eigenvalue weighted by Crippen LogP contribution is -2.46. The predicted molar refractivity (Wildman–Crippen MR) is 75.3 cm³/mol.